The Morgan fingerprint density at radius 3 is 2.92 bits per heavy atom. The molecule has 3 aromatic heterocycles. The van der Waals surface area contributed by atoms with Gasteiger partial charge in [0.2, 0.25) is 0 Å². The smallest absolute Gasteiger partial charge is 0.352 e. The molecule has 2 aliphatic heterocycles. The first-order valence-electron chi connectivity index (χ1n) is 11.1. The molecule has 1 saturated heterocycles. The number of carboxylic acids is 1. The fraction of sp³-hybridized carbons (Fsp3) is 0.273. The highest BCUT2D eigenvalue weighted by Gasteiger charge is 2.54. The molecule has 15 heteroatoms. The average molecular weight is 563 g/mol. The number of carbonyl (C=O) groups excluding carboxylic acids is 2. The summed E-state index contributed by atoms with van der Waals surface area (Å²) in [6.07, 6.45) is 5.63. The second kappa shape index (κ2) is 10.0. The molecule has 4 N–H and O–H groups in total. The number of carboxylic acid groups (broad SMARTS) is 1. The topological polar surface area (TPSA) is 156 Å². The van der Waals surface area contributed by atoms with Gasteiger partial charge in [-0.15, -0.1) is 11.8 Å². The summed E-state index contributed by atoms with van der Waals surface area (Å²) in [4.78, 5) is 48.7. The summed E-state index contributed by atoms with van der Waals surface area (Å²) in [5.41, 5.74) is 6.92. The third-order valence-electron chi connectivity index (χ3n) is 5.79. The highest BCUT2D eigenvalue weighted by molar-refractivity contribution is 8.00. The van der Waals surface area contributed by atoms with Crippen LogP contribution in [0.5, 0.6) is 0 Å². The van der Waals surface area contributed by atoms with Gasteiger partial charge in [-0.25, -0.2) is 18.7 Å². The van der Waals surface area contributed by atoms with E-state index in [1.807, 2.05) is 45.8 Å². The number of hydrogen-bond acceptors (Lipinski definition) is 9. The molecule has 37 heavy (non-hydrogen) atoms. The number of thioether (sulfide) groups is 1. The molecule has 0 aromatic carbocycles. The average Bonchev–Trinajstić information content (AvgIpc) is 3.44. The molecule has 2 aliphatic rings. The molecule has 0 spiro atoms. The van der Waals surface area contributed by atoms with E-state index >= 15 is 0 Å². The van der Waals surface area contributed by atoms with Crippen molar-refractivity contribution in [3.63, 3.8) is 0 Å². The van der Waals surface area contributed by atoms with E-state index in [1.54, 1.807) is 6.92 Å². The Morgan fingerprint density at radius 2 is 2.22 bits per heavy atom. The van der Waals surface area contributed by atoms with Gasteiger partial charge < -0.3 is 21.0 Å². The van der Waals surface area contributed by atoms with Gasteiger partial charge >= 0.3 is 5.97 Å². The Balaban J connectivity index is 1.38. The molecule has 2 atom stereocenters. The molecule has 0 bridgehead atoms. The van der Waals surface area contributed by atoms with Gasteiger partial charge in [0, 0.05) is 17.4 Å². The lowest BCUT2D eigenvalue weighted by atomic mass is 10.0. The van der Waals surface area contributed by atoms with Crippen LogP contribution in [0.2, 0.25) is 4.34 Å². The van der Waals surface area contributed by atoms with Crippen molar-refractivity contribution in [2.24, 2.45) is 5.16 Å². The number of thiazole rings is 1. The lowest BCUT2D eigenvalue weighted by Gasteiger charge is -2.49. The highest BCUT2D eigenvalue weighted by Crippen LogP contribution is 2.40. The van der Waals surface area contributed by atoms with Gasteiger partial charge in [-0.1, -0.05) is 34.2 Å². The van der Waals surface area contributed by atoms with Crippen molar-refractivity contribution in [3.8, 4) is 0 Å². The van der Waals surface area contributed by atoms with Gasteiger partial charge in [-0.3, -0.25) is 14.5 Å². The normalized spacial score (nSPS) is 19.6. The fourth-order valence-electron chi connectivity index (χ4n) is 4.18. The molecular weight excluding hydrogens is 542 g/mol. The molecule has 192 valence electrons. The minimum Gasteiger partial charge on any atom is -0.477 e. The molecule has 0 unspecified atom stereocenters. The number of halogens is 1. The number of carbonyl (C=O) groups is 3. The van der Waals surface area contributed by atoms with Crippen molar-refractivity contribution in [3.05, 3.63) is 58.1 Å². The maximum absolute atomic E-state index is 13.1. The van der Waals surface area contributed by atoms with E-state index in [1.165, 1.54) is 16.7 Å². The van der Waals surface area contributed by atoms with Crippen LogP contribution in [0.4, 0.5) is 5.13 Å². The largest absolute Gasteiger partial charge is 0.477 e. The Morgan fingerprint density at radius 1 is 1.41 bits per heavy atom. The number of pyridine rings is 1. The number of β-lactam (4-membered cyclic amide) rings is 1. The zero-order valence-electron chi connectivity index (χ0n) is 19.3. The van der Waals surface area contributed by atoms with Crippen molar-refractivity contribution < 1.29 is 28.9 Å². The lowest BCUT2D eigenvalue weighted by molar-refractivity contribution is -0.662. The number of hydrogen-bond donors (Lipinski definition) is 3. The number of amides is 2. The first-order valence-corrected chi connectivity index (χ1v) is 13.3. The second-order valence-electron chi connectivity index (χ2n) is 8.04. The number of nitrogens with one attached hydrogen (secondary N) is 1. The SMILES string of the molecule is CCON=C(C(=O)N[C@@H]1C(=O)N2C(C(=O)O)=C(C[n+]3ccn4ccccc43)CS[C@@H]12)c1nc(N)sc1Cl. The third kappa shape index (κ3) is 4.51. The molecule has 0 saturated carbocycles. The van der Waals surface area contributed by atoms with Crippen molar-refractivity contribution in [1.82, 2.24) is 19.6 Å². The van der Waals surface area contributed by atoms with Crippen LogP contribution in [0.1, 0.15) is 12.6 Å². The maximum atomic E-state index is 13.1. The molecule has 0 radical (unpaired) electrons. The minimum absolute atomic E-state index is 0.0419. The predicted octanol–water partition coefficient (Wildman–Crippen LogP) is 1.10. The second-order valence-corrected chi connectivity index (χ2v) is 10.8. The quantitative estimate of drug-likeness (QED) is 0.159. The summed E-state index contributed by atoms with van der Waals surface area (Å²) < 4.78 is 3.99. The van der Waals surface area contributed by atoms with Gasteiger partial charge in [-0.2, -0.15) is 0 Å². The lowest BCUT2D eigenvalue weighted by Crippen LogP contribution is -2.71. The van der Waals surface area contributed by atoms with Crippen LogP contribution in [0.3, 0.4) is 0 Å². The Kier molecular flexibility index (Phi) is 6.79. The van der Waals surface area contributed by atoms with Crippen molar-refractivity contribution in [2.45, 2.75) is 24.9 Å². The number of rotatable bonds is 8. The molecule has 2 amide bonds. The molecule has 3 aromatic rings. The summed E-state index contributed by atoms with van der Waals surface area (Å²) in [5, 5.41) is 16.0. The van der Waals surface area contributed by atoms with E-state index < -0.39 is 29.2 Å². The molecule has 5 heterocycles. The van der Waals surface area contributed by atoms with Crippen molar-refractivity contribution in [1.29, 1.82) is 0 Å². The standard InChI is InChI=1S/C22H20ClN7O5S2/c1-2-35-27-14(13-17(23)37-22(24)26-13)18(31)25-15-19(32)30-16(21(33)34)11(10-36-20(15)30)9-29-8-7-28-6-4-3-5-12(28)29/h3-8,15,20H,2,9-10H2,1H3,(H3-,24,25,26,31,33,34)/p+1/t15-,20+/m1/s1. The Labute approximate surface area is 223 Å². The summed E-state index contributed by atoms with van der Waals surface area (Å²) in [5.74, 6) is -2.10. The number of oxime groups is 1. The summed E-state index contributed by atoms with van der Waals surface area (Å²) in [6.45, 7) is 2.18. The zero-order chi connectivity index (χ0) is 26.3. The Bertz CT molecular complexity index is 1480. The van der Waals surface area contributed by atoms with Crippen LogP contribution < -0.4 is 15.6 Å². The number of imidazole rings is 1. The van der Waals surface area contributed by atoms with Crippen molar-refractivity contribution in [2.75, 3.05) is 18.1 Å². The van der Waals surface area contributed by atoms with E-state index in [-0.39, 0.29) is 33.2 Å². The van der Waals surface area contributed by atoms with Crippen LogP contribution in [-0.4, -0.2) is 66.7 Å². The van der Waals surface area contributed by atoms with Crippen LogP contribution in [0.15, 0.2) is 53.2 Å². The van der Waals surface area contributed by atoms with Crippen LogP contribution in [0.25, 0.3) is 5.65 Å². The first-order chi connectivity index (χ1) is 17.8. The number of anilines is 1. The van der Waals surface area contributed by atoms with E-state index in [2.05, 4.69) is 15.5 Å². The summed E-state index contributed by atoms with van der Waals surface area (Å²) >= 11 is 8.50. The van der Waals surface area contributed by atoms with Crippen LogP contribution >= 0.6 is 34.7 Å². The number of fused-ring (bicyclic) bond motifs is 2. The van der Waals surface area contributed by atoms with E-state index in [0.29, 0.717) is 17.9 Å². The van der Waals surface area contributed by atoms with E-state index in [0.717, 1.165) is 17.0 Å². The summed E-state index contributed by atoms with van der Waals surface area (Å²) in [6, 6.07) is 4.75. The van der Waals surface area contributed by atoms with E-state index in [4.69, 9.17) is 22.2 Å². The molecule has 0 aliphatic carbocycles. The van der Waals surface area contributed by atoms with Gasteiger partial charge in [-0.05, 0) is 13.0 Å². The molecule has 12 nitrogen and oxygen atoms in total. The van der Waals surface area contributed by atoms with Crippen LogP contribution in [-0.2, 0) is 25.8 Å². The third-order valence-corrected chi connectivity index (χ3v) is 8.22. The van der Waals surface area contributed by atoms with Gasteiger partial charge in [0.25, 0.3) is 17.5 Å². The number of aromatic nitrogens is 3. The predicted molar refractivity (Wildman–Crippen MR) is 137 cm³/mol. The number of aliphatic carboxylic acids is 1. The fourth-order valence-corrected chi connectivity index (χ4v) is 6.45. The summed E-state index contributed by atoms with van der Waals surface area (Å²) in [7, 11) is 0. The first kappa shape index (κ1) is 25.0. The maximum Gasteiger partial charge on any atom is 0.352 e. The number of nitrogens with two attached hydrogens (primary N) is 1. The highest BCUT2D eigenvalue weighted by atomic mass is 35.5. The molecule has 1 fully saturated rings. The number of nitrogens with zero attached hydrogens (tertiary/aromatic N) is 5. The molecule has 5 rings (SSSR count). The molecular formula is C22H21ClN7O5S2+. The number of nitrogen functional groups attached to an aromatic ring is 1. The minimum atomic E-state index is -1.20. The van der Waals surface area contributed by atoms with E-state index in [9.17, 15) is 19.5 Å². The van der Waals surface area contributed by atoms with Gasteiger partial charge in [0.1, 0.15) is 52.7 Å². The Hall–Kier alpha value is -3.62. The van der Waals surface area contributed by atoms with Gasteiger partial charge in [0.15, 0.2) is 10.8 Å². The van der Waals surface area contributed by atoms with Gasteiger partial charge in [0.05, 0.1) is 6.20 Å². The van der Waals surface area contributed by atoms with Crippen LogP contribution in [0, 0.1) is 0 Å². The van der Waals surface area contributed by atoms with Crippen molar-refractivity contribution >= 4 is 69.0 Å². The monoisotopic (exact) mass is 562 g/mol. The zero-order valence-corrected chi connectivity index (χ0v) is 21.7.